The van der Waals surface area contributed by atoms with E-state index in [1.807, 2.05) is 0 Å². The molecular formula is C19H19F2N3O3. The average molecular weight is 375 g/mol. The minimum Gasteiger partial charge on any atom is -0.477 e. The molecule has 2 fully saturated rings. The zero-order valence-corrected chi connectivity index (χ0v) is 14.5. The molecule has 2 heterocycles. The zero-order chi connectivity index (χ0) is 19.5. The lowest BCUT2D eigenvalue weighted by Gasteiger charge is -2.23. The summed E-state index contributed by atoms with van der Waals surface area (Å²) in [6.45, 7) is 4.26. The van der Waals surface area contributed by atoms with E-state index in [0.29, 0.717) is 19.5 Å². The first-order chi connectivity index (χ1) is 12.8. The third-order valence-corrected chi connectivity index (χ3v) is 5.28. The minimum atomic E-state index is -1.43. The van der Waals surface area contributed by atoms with Gasteiger partial charge in [0.1, 0.15) is 11.3 Å². The van der Waals surface area contributed by atoms with Gasteiger partial charge in [-0.25, -0.2) is 13.6 Å². The van der Waals surface area contributed by atoms with Gasteiger partial charge in [-0.05, 0) is 19.3 Å². The number of hydrogen-bond donors (Lipinski definition) is 2. The van der Waals surface area contributed by atoms with Gasteiger partial charge in [0.25, 0.3) is 0 Å². The van der Waals surface area contributed by atoms with E-state index in [1.54, 1.807) is 0 Å². The molecule has 0 amide bonds. The van der Waals surface area contributed by atoms with Crippen molar-refractivity contribution >= 4 is 28.6 Å². The third kappa shape index (κ3) is 2.63. The molecule has 1 aromatic heterocycles. The second-order valence-corrected chi connectivity index (χ2v) is 7.13. The molecule has 1 aliphatic heterocycles. The number of pyridine rings is 1. The van der Waals surface area contributed by atoms with E-state index in [2.05, 4.69) is 6.58 Å². The summed E-state index contributed by atoms with van der Waals surface area (Å²) in [6.07, 6.45) is 4.38. The molecule has 1 atom stereocenters. The van der Waals surface area contributed by atoms with Gasteiger partial charge in [-0.1, -0.05) is 12.7 Å². The molecule has 0 spiro atoms. The fourth-order valence-electron chi connectivity index (χ4n) is 3.81. The van der Waals surface area contributed by atoms with Crippen LogP contribution in [0.5, 0.6) is 0 Å². The maximum absolute atomic E-state index is 15.5. The molecule has 1 saturated carbocycles. The lowest BCUT2D eigenvalue weighted by atomic mass is 10.0. The zero-order valence-electron chi connectivity index (χ0n) is 14.5. The summed E-state index contributed by atoms with van der Waals surface area (Å²) in [5.74, 6) is -3.20. The molecule has 6 nitrogen and oxygen atoms in total. The van der Waals surface area contributed by atoms with Crippen molar-refractivity contribution in [1.82, 2.24) is 4.57 Å². The van der Waals surface area contributed by atoms with E-state index in [9.17, 15) is 14.7 Å². The Bertz CT molecular complexity index is 1040. The van der Waals surface area contributed by atoms with Gasteiger partial charge in [-0.2, -0.15) is 0 Å². The highest BCUT2D eigenvalue weighted by molar-refractivity contribution is 5.98. The highest BCUT2D eigenvalue weighted by Crippen LogP contribution is 2.41. The molecule has 1 aliphatic carbocycles. The van der Waals surface area contributed by atoms with Crippen molar-refractivity contribution < 1.29 is 18.7 Å². The van der Waals surface area contributed by atoms with Gasteiger partial charge >= 0.3 is 5.97 Å². The van der Waals surface area contributed by atoms with Gasteiger partial charge in [0, 0.05) is 36.9 Å². The van der Waals surface area contributed by atoms with Crippen LogP contribution in [0.15, 0.2) is 17.6 Å². The number of anilines is 1. The lowest BCUT2D eigenvalue weighted by Crippen LogP contribution is -2.29. The molecule has 0 radical (unpaired) electrons. The summed E-state index contributed by atoms with van der Waals surface area (Å²) in [7, 11) is 0. The smallest absolute Gasteiger partial charge is 0.341 e. The normalized spacial score (nSPS) is 19.7. The summed E-state index contributed by atoms with van der Waals surface area (Å²) in [5.41, 5.74) is 3.99. The predicted octanol–water partition coefficient (Wildman–Crippen LogP) is 2.49. The Morgan fingerprint density at radius 1 is 1.30 bits per heavy atom. The Morgan fingerprint density at radius 2 is 2.00 bits per heavy atom. The average Bonchev–Trinajstić information content (AvgIpc) is 3.37. The van der Waals surface area contributed by atoms with Crippen molar-refractivity contribution in [1.29, 1.82) is 0 Å². The third-order valence-electron chi connectivity index (χ3n) is 5.28. The first-order valence-electron chi connectivity index (χ1n) is 8.81. The molecule has 2 aliphatic rings. The summed E-state index contributed by atoms with van der Waals surface area (Å²) < 4.78 is 32.2. The van der Waals surface area contributed by atoms with E-state index < -0.39 is 28.6 Å². The van der Waals surface area contributed by atoms with Crippen molar-refractivity contribution in [2.45, 2.75) is 31.3 Å². The number of nitrogens with zero attached hydrogens (tertiary/aromatic N) is 2. The summed E-state index contributed by atoms with van der Waals surface area (Å²) in [6, 6.07) is -0.302. The number of carbonyl (C=O) groups is 1. The molecule has 2 aromatic rings. The molecule has 4 rings (SSSR count). The maximum atomic E-state index is 15.5. The highest BCUT2D eigenvalue weighted by Gasteiger charge is 2.34. The van der Waals surface area contributed by atoms with Crippen molar-refractivity contribution in [3.63, 3.8) is 0 Å². The number of fused-ring (bicyclic) bond motifs is 1. The van der Waals surface area contributed by atoms with Crippen LogP contribution in [0.4, 0.5) is 14.5 Å². The summed E-state index contributed by atoms with van der Waals surface area (Å²) in [5, 5.41) is 9.08. The number of halogens is 2. The fourth-order valence-corrected chi connectivity index (χ4v) is 3.81. The lowest BCUT2D eigenvalue weighted by molar-refractivity contribution is 0.0695. The monoisotopic (exact) mass is 375 g/mol. The predicted molar refractivity (Wildman–Crippen MR) is 98.3 cm³/mol. The molecule has 0 bridgehead atoms. The molecule has 3 N–H and O–H groups in total. The van der Waals surface area contributed by atoms with Crippen molar-refractivity contribution in [2.75, 3.05) is 18.0 Å². The van der Waals surface area contributed by atoms with E-state index in [4.69, 9.17) is 5.73 Å². The van der Waals surface area contributed by atoms with Crippen LogP contribution in [0.2, 0.25) is 0 Å². The number of nitrogens with two attached hydrogens (primary N) is 1. The second kappa shape index (κ2) is 6.16. The SMILES string of the molecule is C=Cc1c(F)c(N2CCC(N)C2)c(F)c2c1c(=O)c(C(=O)O)cn2C1CC1. The van der Waals surface area contributed by atoms with Gasteiger partial charge in [0.05, 0.1) is 10.9 Å². The summed E-state index contributed by atoms with van der Waals surface area (Å²) in [4.78, 5) is 25.8. The van der Waals surface area contributed by atoms with Crippen LogP contribution in [-0.4, -0.2) is 34.8 Å². The second-order valence-electron chi connectivity index (χ2n) is 7.13. The number of aromatic nitrogens is 1. The molecule has 1 saturated heterocycles. The van der Waals surface area contributed by atoms with Crippen LogP contribution < -0.4 is 16.1 Å². The quantitative estimate of drug-likeness (QED) is 0.857. The van der Waals surface area contributed by atoms with Crippen LogP contribution in [0.25, 0.3) is 17.0 Å². The Morgan fingerprint density at radius 3 is 2.52 bits per heavy atom. The number of benzene rings is 1. The van der Waals surface area contributed by atoms with E-state index in [1.165, 1.54) is 9.47 Å². The number of carboxylic acids is 1. The van der Waals surface area contributed by atoms with Crippen LogP contribution in [0.3, 0.4) is 0 Å². The van der Waals surface area contributed by atoms with Crippen LogP contribution in [0, 0.1) is 11.6 Å². The standard InChI is InChI=1S/C19H19F2N3O3/c1-2-11-13-16(15(21)17(14(11)20)23-6-5-9(22)7-23)24(10-3-4-10)8-12(18(13)25)19(26)27/h2,8-10H,1,3-7,22H2,(H,26,27). The van der Waals surface area contributed by atoms with E-state index >= 15 is 8.78 Å². The number of carboxylic acid groups (broad SMARTS) is 1. The van der Waals surface area contributed by atoms with E-state index in [0.717, 1.165) is 25.1 Å². The van der Waals surface area contributed by atoms with Crippen molar-refractivity contribution in [3.05, 3.63) is 45.8 Å². The number of rotatable bonds is 4. The molecule has 8 heteroatoms. The van der Waals surface area contributed by atoms with Gasteiger partial charge < -0.3 is 20.3 Å². The molecule has 1 unspecified atom stereocenters. The first-order valence-corrected chi connectivity index (χ1v) is 8.81. The largest absolute Gasteiger partial charge is 0.477 e. The van der Waals surface area contributed by atoms with E-state index in [-0.39, 0.29) is 34.2 Å². The minimum absolute atomic E-state index is 0.0701. The Labute approximate surface area is 153 Å². The van der Waals surface area contributed by atoms with Crippen LogP contribution in [0.1, 0.15) is 41.2 Å². The summed E-state index contributed by atoms with van der Waals surface area (Å²) >= 11 is 0. The maximum Gasteiger partial charge on any atom is 0.341 e. The first kappa shape index (κ1) is 17.7. The Kier molecular flexibility index (Phi) is 4.03. The molecule has 1 aromatic carbocycles. The molecular weight excluding hydrogens is 356 g/mol. The Balaban J connectivity index is 2.14. The van der Waals surface area contributed by atoms with Crippen molar-refractivity contribution in [2.24, 2.45) is 5.73 Å². The van der Waals surface area contributed by atoms with Crippen LogP contribution >= 0.6 is 0 Å². The Hall–Kier alpha value is -2.74. The molecule has 142 valence electrons. The fraction of sp³-hybridized carbons (Fsp3) is 0.368. The number of aromatic carboxylic acids is 1. The highest BCUT2D eigenvalue weighted by atomic mass is 19.1. The van der Waals surface area contributed by atoms with Gasteiger partial charge in [-0.3, -0.25) is 4.79 Å². The van der Waals surface area contributed by atoms with Crippen LogP contribution in [-0.2, 0) is 0 Å². The number of hydrogen-bond acceptors (Lipinski definition) is 4. The van der Waals surface area contributed by atoms with Gasteiger partial charge in [-0.15, -0.1) is 0 Å². The molecule has 27 heavy (non-hydrogen) atoms. The van der Waals surface area contributed by atoms with Gasteiger partial charge in [0.15, 0.2) is 11.6 Å². The van der Waals surface area contributed by atoms with Crippen molar-refractivity contribution in [3.8, 4) is 0 Å². The van der Waals surface area contributed by atoms with Gasteiger partial charge in [0.2, 0.25) is 5.43 Å². The topological polar surface area (TPSA) is 88.6 Å².